The number of nitrogens with one attached hydrogen (secondary N) is 1. The van der Waals surface area contributed by atoms with Crippen molar-refractivity contribution in [2.75, 3.05) is 13.2 Å². The average molecular weight is 455 g/mol. The largest absolute Gasteiger partial charge is 0.463 e. The topological polar surface area (TPSA) is 108 Å². The molecule has 0 unspecified atom stereocenters. The number of rotatable bonds is 14. The first-order valence-corrected chi connectivity index (χ1v) is 11.4. The maximum absolute atomic E-state index is 12.1. The highest BCUT2D eigenvalue weighted by Gasteiger charge is 2.19. The van der Waals surface area contributed by atoms with E-state index in [0.29, 0.717) is 12.8 Å². The van der Waals surface area contributed by atoms with Crippen LogP contribution in [0.1, 0.15) is 43.7 Å². The van der Waals surface area contributed by atoms with Crippen LogP contribution in [-0.4, -0.2) is 43.1 Å². The Labute approximate surface area is 195 Å². The number of carbonyl (C=O) groups is 3. The lowest BCUT2D eigenvalue weighted by atomic mass is 10.1. The molecule has 2 aromatic rings. The van der Waals surface area contributed by atoms with Gasteiger partial charge in [0.05, 0.1) is 12.1 Å². The molecular formula is C26H34N2O5. The molecule has 0 aliphatic carbocycles. The predicted molar refractivity (Wildman–Crippen MR) is 126 cm³/mol. The predicted octanol–water partition coefficient (Wildman–Crippen LogP) is 2.95. The van der Waals surface area contributed by atoms with Gasteiger partial charge in [-0.3, -0.25) is 14.4 Å². The Morgan fingerprint density at radius 1 is 0.788 bits per heavy atom. The molecule has 2 aromatic carbocycles. The van der Waals surface area contributed by atoms with Crippen molar-refractivity contribution in [1.82, 2.24) is 5.32 Å². The Kier molecular flexibility index (Phi) is 11.7. The van der Waals surface area contributed by atoms with Gasteiger partial charge in [0, 0.05) is 12.8 Å². The molecule has 0 aromatic heterocycles. The van der Waals surface area contributed by atoms with E-state index in [-0.39, 0.29) is 38.0 Å². The molecule has 0 spiro atoms. The Morgan fingerprint density at radius 3 is 1.61 bits per heavy atom. The van der Waals surface area contributed by atoms with Gasteiger partial charge in [0.1, 0.15) is 13.2 Å². The van der Waals surface area contributed by atoms with E-state index < -0.39 is 18.0 Å². The minimum Gasteiger partial charge on any atom is -0.463 e. The first kappa shape index (κ1) is 26.1. The molecular weight excluding hydrogens is 420 g/mol. The van der Waals surface area contributed by atoms with Crippen molar-refractivity contribution in [3.05, 3.63) is 71.8 Å². The Bertz CT molecular complexity index is 794. The number of esters is 2. The van der Waals surface area contributed by atoms with Crippen LogP contribution in [0.5, 0.6) is 0 Å². The van der Waals surface area contributed by atoms with Crippen LogP contribution in [0.4, 0.5) is 0 Å². The van der Waals surface area contributed by atoms with E-state index in [1.165, 1.54) is 0 Å². The van der Waals surface area contributed by atoms with Gasteiger partial charge in [0.15, 0.2) is 0 Å². The van der Waals surface area contributed by atoms with E-state index in [0.717, 1.165) is 24.0 Å². The van der Waals surface area contributed by atoms with Crippen LogP contribution in [0.15, 0.2) is 60.7 Å². The molecule has 33 heavy (non-hydrogen) atoms. The third-order valence-corrected chi connectivity index (χ3v) is 5.03. The van der Waals surface area contributed by atoms with Gasteiger partial charge in [-0.1, -0.05) is 60.7 Å². The van der Waals surface area contributed by atoms with Gasteiger partial charge in [0.2, 0.25) is 5.91 Å². The zero-order valence-corrected chi connectivity index (χ0v) is 19.2. The first-order valence-electron chi connectivity index (χ1n) is 11.4. The van der Waals surface area contributed by atoms with Gasteiger partial charge in [0.25, 0.3) is 0 Å². The fourth-order valence-corrected chi connectivity index (χ4v) is 3.16. The summed E-state index contributed by atoms with van der Waals surface area (Å²) < 4.78 is 10.6. The normalized spacial score (nSPS) is 11.6. The summed E-state index contributed by atoms with van der Waals surface area (Å²) in [4.78, 5) is 36.2. The first-order chi connectivity index (χ1) is 15.9. The maximum atomic E-state index is 12.1. The number of nitrogens with two attached hydrogens (primary N) is 1. The highest BCUT2D eigenvalue weighted by molar-refractivity contribution is 5.81. The molecule has 178 valence electrons. The van der Waals surface area contributed by atoms with E-state index in [9.17, 15) is 14.4 Å². The van der Waals surface area contributed by atoms with Gasteiger partial charge < -0.3 is 20.5 Å². The van der Waals surface area contributed by atoms with E-state index in [1.54, 1.807) is 6.92 Å². The van der Waals surface area contributed by atoms with E-state index in [2.05, 4.69) is 5.32 Å². The summed E-state index contributed by atoms with van der Waals surface area (Å²) in [5.41, 5.74) is 7.93. The molecule has 3 N–H and O–H groups in total. The van der Waals surface area contributed by atoms with Gasteiger partial charge >= 0.3 is 11.9 Å². The van der Waals surface area contributed by atoms with Crippen LogP contribution < -0.4 is 11.1 Å². The maximum Gasteiger partial charge on any atom is 0.305 e. The lowest BCUT2D eigenvalue weighted by Crippen LogP contribution is -2.48. The molecule has 0 bridgehead atoms. The van der Waals surface area contributed by atoms with Crippen LogP contribution in [0.2, 0.25) is 0 Å². The second kappa shape index (κ2) is 14.8. The average Bonchev–Trinajstić information content (AvgIpc) is 2.82. The summed E-state index contributed by atoms with van der Waals surface area (Å²) in [7, 11) is 0. The lowest BCUT2D eigenvalue weighted by molar-refractivity contribution is -0.149. The number of hydrogen-bond donors (Lipinski definition) is 2. The summed E-state index contributed by atoms with van der Waals surface area (Å²) in [6.45, 7) is 1.39. The summed E-state index contributed by atoms with van der Waals surface area (Å²) in [6, 6.07) is 18.4. The molecule has 7 nitrogen and oxygen atoms in total. The zero-order valence-electron chi connectivity index (χ0n) is 19.2. The molecule has 0 radical (unpaired) electrons. The lowest BCUT2D eigenvalue weighted by Gasteiger charge is -2.20. The fraction of sp³-hybridized carbons (Fsp3) is 0.423. The molecule has 2 rings (SSSR count). The van der Waals surface area contributed by atoms with Crippen LogP contribution in [-0.2, 0) is 36.7 Å². The Balaban J connectivity index is 1.72. The van der Waals surface area contributed by atoms with Crippen LogP contribution >= 0.6 is 0 Å². The summed E-state index contributed by atoms with van der Waals surface area (Å²) in [5.74, 6) is -1.12. The molecule has 0 saturated heterocycles. The number of amides is 1. The third kappa shape index (κ3) is 11.3. The molecule has 1 amide bonds. The van der Waals surface area contributed by atoms with Gasteiger partial charge in [-0.05, 0) is 43.7 Å². The smallest absolute Gasteiger partial charge is 0.305 e. The molecule has 0 saturated carbocycles. The molecule has 7 heteroatoms. The molecule has 1 atom stereocenters. The van der Waals surface area contributed by atoms with Crippen molar-refractivity contribution in [3.8, 4) is 0 Å². The summed E-state index contributed by atoms with van der Waals surface area (Å²) in [5, 5.41) is 2.67. The minimum atomic E-state index is -0.726. The van der Waals surface area contributed by atoms with Gasteiger partial charge in [-0.15, -0.1) is 0 Å². The summed E-state index contributed by atoms with van der Waals surface area (Å²) in [6.07, 6.45) is 3.42. The third-order valence-electron chi connectivity index (χ3n) is 5.03. The van der Waals surface area contributed by atoms with Crippen LogP contribution in [0, 0.1) is 0 Å². The second-order valence-electron chi connectivity index (χ2n) is 8.04. The molecule has 0 fully saturated rings. The summed E-state index contributed by atoms with van der Waals surface area (Å²) >= 11 is 0. The van der Waals surface area contributed by atoms with E-state index >= 15 is 0 Å². The number of aryl methyl sites for hydroxylation is 2. The number of ether oxygens (including phenoxy) is 2. The minimum absolute atomic E-state index is 0.0834. The second-order valence-corrected chi connectivity index (χ2v) is 8.04. The Hall–Kier alpha value is -3.19. The number of carbonyl (C=O) groups excluding carboxylic acids is 3. The highest BCUT2D eigenvalue weighted by Crippen LogP contribution is 2.07. The zero-order chi connectivity index (χ0) is 23.9. The van der Waals surface area contributed by atoms with Gasteiger partial charge in [-0.25, -0.2) is 0 Å². The highest BCUT2D eigenvalue weighted by atomic mass is 16.5. The standard InChI is InChI=1S/C26H34N2O5/c1-20(27)26(31)28-23(18-32-24(29)16-8-14-21-10-4-2-5-11-21)19-33-25(30)17-9-15-22-12-6-3-7-13-22/h2-7,10-13,20,23H,8-9,14-19,27H2,1H3,(H,28,31)/t20-/m1/s1. The van der Waals surface area contributed by atoms with Crippen molar-refractivity contribution in [2.45, 2.75) is 57.5 Å². The number of benzene rings is 2. The van der Waals surface area contributed by atoms with Crippen molar-refractivity contribution in [1.29, 1.82) is 0 Å². The number of hydrogen-bond acceptors (Lipinski definition) is 6. The van der Waals surface area contributed by atoms with Crippen molar-refractivity contribution >= 4 is 17.8 Å². The fourth-order valence-electron chi connectivity index (χ4n) is 3.16. The van der Waals surface area contributed by atoms with Gasteiger partial charge in [-0.2, -0.15) is 0 Å². The Morgan fingerprint density at radius 2 is 1.21 bits per heavy atom. The van der Waals surface area contributed by atoms with E-state index in [1.807, 2.05) is 60.7 Å². The molecule has 0 aliphatic rings. The van der Waals surface area contributed by atoms with Crippen molar-refractivity contribution in [2.24, 2.45) is 5.73 Å². The molecule has 0 heterocycles. The van der Waals surface area contributed by atoms with Crippen LogP contribution in [0.25, 0.3) is 0 Å². The van der Waals surface area contributed by atoms with Crippen molar-refractivity contribution < 1.29 is 23.9 Å². The quantitative estimate of drug-likeness (QED) is 0.425. The van der Waals surface area contributed by atoms with Crippen molar-refractivity contribution in [3.63, 3.8) is 0 Å². The van der Waals surface area contributed by atoms with Crippen LogP contribution in [0.3, 0.4) is 0 Å². The SMILES string of the molecule is C[C@@H](N)C(=O)NC(COC(=O)CCCc1ccccc1)COC(=O)CCCc1ccccc1. The monoisotopic (exact) mass is 454 g/mol. The molecule has 0 aliphatic heterocycles. The van der Waals surface area contributed by atoms with E-state index in [4.69, 9.17) is 15.2 Å².